The highest BCUT2D eigenvalue weighted by molar-refractivity contribution is 6.23. The molecular formula is C53H37N. The Kier molecular flexibility index (Phi) is 6.66. The summed E-state index contributed by atoms with van der Waals surface area (Å²) in [4.78, 5) is 0. The second kappa shape index (κ2) is 11.7. The van der Waals surface area contributed by atoms with Gasteiger partial charge in [0.25, 0.3) is 0 Å². The lowest BCUT2D eigenvalue weighted by Gasteiger charge is -2.35. The molecule has 11 rings (SSSR count). The molecule has 1 nitrogen and oxygen atoms in total. The molecule has 0 aliphatic heterocycles. The Morgan fingerprint density at radius 1 is 0.370 bits per heavy atom. The molecule has 254 valence electrons. The van der Waals surface area contributed by atoms with Crippen molar-refractivity contribution in [2.75, 3.05) is 0 Å². The van der Waals surface area contributed by atoms with E-state index >= 15 is 0 Å². The Morgan fingerprint density at radius 3 is 1.80 bits per heavy atom. The first-order chi connectivity index (χ1) is 26.6. The average molecular weight is 688 g/mol. The lowest BCUT2D eigenvalue weighted by Crippen LogP contribution is -2.23. The summed E-state index contributed by atoms with van der Waals surface area (Å²) in [5, 5.41) is 7.79. The van der Waals surface area contributed by atoms with Crippen molar-refractivity contribution in [3.8, 4) is 50.2 Å². The molecule has 54 heavy (non-hydrogen) atoms. The summed E-state index contributed by atoms with van der Waals surface area (Å²) in [6.07, 6.45) is 0. The van der Waals surface area contributed by atoms with Gasteiger partial charge in [-0.2, -0.15) is 0 Å². The van der Waals surface area contributed by atoms with Gasteiger partial charge >= 0.3 is 0 Å². The van der Waals surface area contributed by atoms with E-state index in [1.165, 1.54) is 99.0 Å². The van der Waals surface area contributed by atoms with Crippen LogP contribution < -0.4 is 0 Å². The van der Waals surface area contributed by atoms with E-state index in [1.807, 2.05) is 0 Å². The Morgan fingerprint density at radius 2 is 0.963 bits per heavy atom. The lowest BCUT2D eigenvalue weighted by atomic mass is 9.68. The second-order valence-corrected chi connectivity index (χ2v) is 15.3. The Hall–Kier alpha value is -6.70. The third-order valence-electron chi connectivity index (χ3n) is 12.0. The van der Waals surface area contributed by atoms with Crippen molar-refractivity contribution in [1.29, 1.82) is 0 Å². The van der Waals surface area contributed by atoms with Crippen molar-refractivity contribution >= 4 is 43.4 Å². The summed E-state index contributed by atoms with van der Waals surface area (Å²) in [5.74, 6) is 0. The monoisotopic (exact) mass is 687 g/mol. The van der Waals surface area contributed by atoms with Crippen molar-refractivity contribution < 1.29 is 0 Å². The van der Waals surface area contributed by atoms with Gasteiger partial charge in [-0.1, -0.05) is 172 Å². The van der Waals surface area contributed by atoms with Crippen molar-refractivity contribution in [3.05, 3.63) is 199 Å². The molecule has 1 heteroatoms. The van der Waals surface area contributed by atoms with Gasteiger partial charge in [-0.05, 0) is 102 Å². The van der Waals surface area contributed by atoms with Crippen molar-refractivity contribution in [2.45, 2.75) is 19.3 Å². The van der Waals surface area contributed by atoms with Crippen LogP contribution in [0.3, 0.4) is 0 Å². The largest absolute Gasteiger partial charge is 0.309 e. The maximum absolute atomic E-state index is 2.46. The summed E-state index contributed by atoms with van der Waals surface area (Å²) in [6, 6.07) is 69.6. The molecule has 0 bridgehead atoms. The van der Waals surface area contributed by atoms with Crippen LogP contribution >= 0.6 is 0 Å². The van der Waals surface area contributed by atoms with Crippen LogP contribution in [0.4, 0.5) is 0 Å². The molecule has 0 unspecified atom stereocenters. The number of rotatable bonds is 4. The molecule has 10 aromatic rings. The normalized spacial score (nSPS) is 13.1. The van der Waals surface area contributed by atoms with Crippen LogP contribution in [0.15, 0.2) is 188 Å². The molecule has 1 heterocycles. The predicted molar refractivity (Wildman–Crippen MR) is 230 cm³/mol. The zero-order valence-electron chi connectivity index (χ0n) is 30.3. The average Bonchev–Trinajstić information content (AvgIpc) is 3.58. The fraction of sp³-hybridized carbons (Fsp3) is 0.0566. The van der Waals surface area contributed by atoms with Crippen molar-refractivity contribution in [2.24, 2.45) is 0 Å². The van der Waals surface area contributed by atoms with Crippen LogP contribution in [-0.2, 0) is 5.41 Å². The van der Waals surface area contributed by atoms with E-state index in [4.69, 9.17) is 0 Å². The fourth-order valence-corrected chi connectivity index (χ4v) is 9.46. The van der Waals surface area contributed by atoms with Gasteiger partial charge in [0, 0.05) is 27.4 Å². The highest BCUT2D eigenvalue weighted by Crippen LogP contribution is 2.50. The van der Waals surface area contributed by atoms with Crippen molar-refractivity contribution in [3.63, 3.8) is 0 Å². The minimum absolute atomic E-state index is 0.0772. The molecule has 0 radical (unpaired) electrons. The molecule has 0 fully saturated rings. The number of hydrogen-bond donors (Lipinski definition) is 0. The van der Waals surface area contributed by atoms with Gasteiger partial charge in [-0.15, -0.1) is 0 Å². The first-order valence-electron chi connectivity index (χ1n) is 18.9. The number of benzene rings is 9. The van der Waals surface area contributed by atoms with Crippen molar-refractivity contribution in [1.82, 2.24) is 4.57 Å². The van der Waals surface area contributed by atoms with Crippen LogP contribution in [0.5, 0.6) is 0 Å². The number of fused-ring (bicyclic) bond motifs is 7. The molecule has 0 saturated carbocycles. The molecule has 1 aliphatic carbocycles. The van der Waals surface area contributed by atoms with E-state index in [2.05, 4.69) is 206 Å². The third kappa shape index (κ3) is 4.45. The molecule has 1 aliphatic rings. The summed E-state index contributed by atoms with van der Waals surface area (Å²) < 4.78 is 2.46. The van der Waals surface area contributed by atoms with E-state index in [0.29, 0.717) is 0 Å². The maximum atomic E-state index is 2.46. The Bertz CT molecular complexity index is 3120. The topological polar surface area (TPSA) is 4.93 Å². The molecule has 0 amide bonds. The van der Waals surface area contributed by atoms with Gasteiger partial charge in [-0.3, -0.25) is 0 Å². The van der Waals surface area contributed by atoms with E-state index < -0.39 is 0 Å². The third-order valence-corrected chi connectivity index (χ3v) is 12.0. The zero-order valence-corrected chi connectivity index (χ0v) is 30.3. The van der Waals surface area contributed by atoms with Crippen LogP contribution in [0.25, 0.3) is 93.5 Å². The molecule has 0 N–H and O–H groups in total. The number of nitrogens with zero attached hydrogens (tertiary/aromatic N) is 1. The molecular weight excluding hydrogens is 651 g/mol. The molecule has 0 atom stereocenters. The van der Waals surface area contributed by atoms with E-state index in [0.717, 1.165) is 5.69 Å². The summed E-state index contributed by atoms with van der Waals surface area (Å²) >= 11 is 0. The lowest BCUT2D eigenvalue weighted by molar-refractivity contribution is 0.645. The van der Waals surface area contributed by atoms with Gasteiger partial charge in [0.15, 0.2) is 0 Å². The van der Waals surface area contributed by atoms with Crippen LogP contribution in [0, 0.1) is 0 Å². The minimum Gasteiger partial charge on any atom is -0.309 e. The number of para-hydroxylation sites is 2. The standard InChI is InChI=1S/C53H37N/c1-53(2)47-26-9-8-22-43(47)45-30-29-40(44-24-13-27-48(53)50(44)45)37-17-10-15-35(32-37)36-16-11-18-38(33-36)42-23-12-25-46-51-41-21-7-6-14-34(41)28-31-49(51)54(52(42)46)39-19-4-3-5-20-39/h3-33H,1-2H3. The van der Waals surface area contributed by atoms with Gasteiger partial charge in [0.1, 0.15) is 0 Å². The van der Waals surface area contributed by atoms with E-state index in [9.17, 15) is 0 Å². The summed E-state index contributed by atoms with van der Waals surface area (Å²) in [6.45, 7) is 4.73. The van der Waals surface area contributed by atoms with E-state index in [-0.39, 0.29) is 5.41 Å². The van der Waals surface area contributed by atoms with E-state index in [1.54, 1.807) is 0 Å². The second-order valence-electron chi connectivity index (χ2n) is 15.3. The zero-order chi connectivity index (χ0) is 36.0. The number of aromatic nitrogens is 1. The smallest absolute Gasteiger partial charge is 0.0619 e. The quantitative estimate of drug-likeness (QED) is 0.174. The minimum atomic E-state index is -0.0772. The van der Waals surface area contributed by atoms with Crippen LogP contribution in [0.1, 0.15) is 25.0 Å². The number of hydrogen-bond acceptors (Lipinski definition) is 0. The van der Waals surface area contributed by atoms with Crippen LogP contribution in [0.2, 0.25) is 0 Å². The first kappa shape index (κ1) is 30.9. The van der Waals surface area contributed by atoms with Gasteiger partial charge in [0.05, 0.1) is 11.0 Å². The Labute approximate surface area is 315 Å². The van der Waals surface area contributed by atoms with Gasteiger partial charge < -0.3 is 4.57 Å². The molecule has 9 aromatic carbocycles. The molecule has 0 spiro atoms. The van der Waals surface area contributed by atoms with Gasteiger partial charge in [0.2, 0.25) is 0 Å². The van der Waals surface area contributed by atoms with Crippen LogP contribution in [-0.4, -0.2) is 4.57 Å². The fourth-order valence-electron chi connectivity index (χ4n) is 9.46. The van der Waals surface area contributed by atoms with Gasteiger partial charge in [-0.25, -0.2) is 0 Å². The first-order valence-corrected chi connectivity index (χ1v) is 18.9. The maximum Gasteiger partial charge on any atom is 0.0619 e. The highest BCUT2D eigenvalue weighted by Gasteiger charge is 2.33. The summed E-state index contributed by atoms with van der Waals surface area (Å²) in [5.41, 5.74) is 16.4. The predicted octanol–water partition coefficient (Wildman–Crippen LogP) is 14.4. The highest BCUT2D eigenvalue weighted by atomic mass is 15.0. The molecule has 1 aromatic heterocycles. The summed E-state index contributed by atoms with van der Waals surface area (Å²) in [7, 11) is 0. The Balaban J connectivity index is 1.08. The SMILES string of the molecule is CC1(C)c2ccccc2-c2ccc(-c3cccc(-c4cccc(-c5cccc6c7c8ccccc8ccc7n(-c7ccccc7)c56)c4)c3)c3cccc1c23. The molecule has 0 saturated heterocycles.